The Hall–Kier alpha value is -2.81. The van der Waals surface area contributed by atoms with Crippen LogP contribution < -0.4 is 0 Å². The highest BCUT2D eigenvalue weighted by atomic mass is 16.6. The van der Waals surface area contributed by atoms with Crippen molar-refractivity contribution in [2.75, 3.05) is 6.61 Å². The Balaban J connectivity index is 1.30. The molecule has 0 spiro atoms. The zero-order chi connectivity index (χ0) is 21.2. The molecule has 2 bridgehead atoms. The van der Waals surface area contributed by atoms with Crippen LogP contribution in [0.5, 0.6) is 0 Å². The summed E-state index contributed by atoms with van der Waals surface area (Å²) in [7, 11) is 0. The third kappa shape index (κ3) is 3.82. The zero-order valence-electron chi connectivity index (χ0n) is 18.1. The van der Waals surface area contributed by atoms with Crippen molar-refractivity contribution in [2.45, 2.75) is 62.9 Å². The average Bonchev–Trinajstić information content (AvgIpc) is 3.11. The summed E-state index contributed by atoms with van der Waals surface area (Å²) in [4.78, 5) is 15.3. The number of hydrogen-bond donors (Lipinski definition) is 0. The maximum Gasteiger partial charge on any atom is 0.410 e. The predicted octanol–water partition coefficient (Wildman–Crippen LogP) is 6.85. The average molecular weight is 414 g/mol. The SMILES string of the molecule is C=CCCCC1=CC2CCCC(C1)N2C(=O)OCC1c2ccccc2-c2ccccc21. The number of fused-ring (bicyclic) bond motifs is 5. The number of allylic oxidation sites excluding steroid dienone is 1. The predicted molar refractivity (Wildman–Crippen MR) is 125 cm³/mol. The molecule has 2 aromatic rings. The fraction of sp³-hybridized carbons (Fsp3) is 0.393. The number of hydrogen-bond acceptors (Lipinski definition) is 2. The Morgan fingerprint density at radius 3 is 2.45 bits per heavy atom. The molecule has 5 rings (SSSR count). The molecule has 0 saturated carbocycles. The molecule has 160 valence electrons. The number of carbonyl (C=O) groups is 1. The van der Waals surface area contributed by atoms with Crippen LogP contribution in [-0.4, -0.2) is 29.7 Å². The Labute approximate surface area is 185 Å². The second-order valence-corrected chi connectivity index (χ2v) is 9.07. The summed E-state index contributed by atoms with van der Waals surface area (Å²) in [6.07, 6.45) is 11.9. The van der Waals surface area contributed by atoms with E-state index in [1.807, 2.05) is 11.0 Å². The Bertz CT molecular complexity index is 962. The van der Waals surface area contributed by atoms with Gasteiger partial charge in [0.15, 0.2) is 0 Å². The first-order valence-electron chi connectivity index (χ1n) is 11.7. The standard InChI is InChI=1S/C28H31NO2/c1-2-3-4-10-20-17-21-11-9-12-22(18-20)29(21)28(30)31-19-27-25-15-7-5-13-23(25)24-14-6-8-16-26(24)27/h2,5-8,13-17,21-22,27H,1,3-4,9-12,18-19H2. The molecule has 1 amide bonds. The van der Waals surface area contributed by atoms with Crippen LogP contribution in [0.4, 0.5) is 4.79 Å². The minimum absolute atomic E-state index is 0.117. The van der Waals surface area contributed by atoms with E-state index >= 15 is 0 Å². The minimum Gasteiger partial charge on any atom is -0.448 e. The van der Waals surface area contributed by atoms with E-state index in [-0.39, 0.29) is 24.1 Å². The van der Waals surface area contributed by atoms with Crippen LogP contribution in [0.25, 0.3) is 11.1 Å². The smallest absolute Gasteiger partial charge is 0.410 e. The summed E-state index contributed by atoms with van der Waals surface area (Å²) in [6, 6.07) is 17.5. The molecule has 2 aromatic carbocycles. The molecule has 2 atom stereocenters. The fourth-order valence-electron chi connectivity index (χ4n) is 5.73. The molecule has 0 N–H and O–H groups in total. The van der Waals surface area contributed by atoms with Crippen LogP contribution in [0.2, 0.25) is 0 Å². The van der Waals surface area contributed by atoms with E-state index in [4.69, 9.17) is 4.74 Å². The van der Waals surface area contributed by atoms with Crippen molar-refractivity contribution in [1.29, 1.82) is 0 Å². The molecular weight excluding hydrogens is 382 g/mol. The van der Waals surface area contributed by atoms with Gasteiger partial charge in [0.2, 0.25) is 0 Å². The maximum atomic E-state index is 13.2. The van der Waals surface area contributed by atoms with Crippen molar-refractivity contribution < 1.29 is 9.53 Å². The summed E-state index contributed by atoms with van der Waals surface area (Å²) >= 11 is 0. The molecule has 2 unspecified atom stereocenters. The molecule has 31 heavy (non-hydrogen) atoms. The molecule has 1 aliphatic carbocycles. The van der Waals surface area contributed by atoms with Gasteiger partial charge in [-0.15, -0.1) is 6.58 Å². The second kappa shape index (κ2) is 8.74. The Morgan fingerprint density at radius 2 is 1.77 bits per heavy atom. The lowest BCUT2D eigenvalue weighted by Crippen LogP contribution is -2.52. The van der Waals surface area contributed by atoms with E-state index in [2.05, 4.69) is 61.2 Å². The van der Waals surface area contributed by atoms with Gasteiger partial charge < -0.3 is 4.74 Å². The van der Waals surface area contributed by atoms with E-state index in [0.29, 0.717) is 6.61 Å². The lowest BCUT2D eigenvalue weighted by Gasteiger charge is -2.44. The maximum absolute atomic E-state index is 13.2. The molecule has 1 fully saturated rings. The second-order valence-electron chi connectivity index (χ2n) is 9.07. The normalized spacial score (nSPS) is 21.8. The van der Waals surface area contributed by atoms with Crippen LogP contribution in [0.15, 0.2) is 72.8 Å². The highest BCUT2D eigenvalue weighted by molar-refractivity contribution is 5.79. The summed E-state index contributed by atoms with van der Waals surface area (Å²) in [5.41, 5.74) is 6.57. The van der Waals surface area contributed by atoms with E-state index in [9.17, 15) is 4.79 Å². The van der Waals surface area contributed by atoms with Gasteiger partial charge >= 0.3 is 6.09 Å². The van der Waals surface area contributed by atoms with Gasteiger partial charge in [0.1, 0.15) is 6.61 Å². The van der Waals surface area contributed by atoms with E-state index in [0.717, 1.165) is 38.5 Å². The molecule has 3 nitrogen and oxygen atoms in total. The molecule has 3 aliphatic rings. The summed E-state index contributed by atoms with van der Waals surface area (Å²) in [5, 5.41) is 0. The fourth-order valence-corrected chi connectivity index (χ4v) is 5.73. The molecule has 0 radical (unpaired) electrons. The number of carbonyl (C=O) groups excluding carboxylic acids is 1. The first-order chi connectivity index (χ1) is 15.3. The lowest BCUT2D eigenvalue weighted by atomic mass is 9.84. The van der Waals surface area contributed by atoms with Crippen LogP contribution in [0, 0.1) is 0 Å². The lowest BCUT2D eigenvalue weighted by molar-refractivity contribution is 0.0507. The molecule has 0 aromatic heterocycles. The number of unbranched alkanes of at least 4 members (excludes halogenated alkanes) is 1. The molecule has 1 saturated heterocycles. The van der Waals surface area contributed by atoms with Gasteiger partial charge in [-0.2, -0.15) is 0 Å². The van der Waals surface area contributed by atoms with Crippen LogP contribution in [0.3, 0.4) is 0 Å². The van der Waals surface area contributed by atoms with Gasteiger partial charge in [-0.1, -0.05) is 66.3 Å². The highest BCUT2D eigenvalue weighted by Crippen LogP contribution is 2.44. The number of benzene rings is 2. The van der Waals surface area contributed by atoms with Gasteiger partial charge in [-0.05, 0) is 67.2 Å². The third-order valence-corrected chi connectivity index (χ3v) is 7.17. The summed E-state index contributed by atoms with van der Waals surface area (Å²) in [6.45, 7) is 4.23. The quantitative estimate of drug-likeness (QED) is 0.383. The largest absolute Gasteiger partial charge is 0.448 e. The van der Waals surface area contributed by atoms with Gasteiger partial charge in [-0.25, -0.2) is 4.79 Å². The summed E-state index contributed by atoms with van der Waals surface area (Å²) < 4.78 is 5.99. The monoisotopic (exact) mass is 413 g/mol. The first-order valence-corrected chi connectivity index (χ1v) is 11.7. The van der Waals surface area contributed by atoms with Crippen LogP contribution >= 0.6 is 0 Å². The van der Waals surface area contributed by atoms with Gasteiger partial charge in [0, 0.05) is 12.0 Å². The van der Waals surface area contributed by atoms with Crippen molar-refractivity contribution in [3.8, 4) is 11.1 Å². The number of nitrogens with zero attached hydrogens (tertiary/aromatic N) is 1. The highest BCUT2D eigenvalue weighted by Gasteiger charge is 2.38. The van der Waals surface area contributed by atoms with Crippen molar-refractivity contribution in [3.63, 3.8) is 0 Å². The number of ether oxygens (including phenoxy) is 1. The van der Waals surface area contributed by atoms with Crippen LogP contribution in [0.1, 0.15) is 62.0 Å². The van der Waals surface area contributed by atoms with E-state index in [1.54, 1.807) is 0 Å². The van der Waals surface area contributed by atoms with Crippen molar-refractivity contribution in [3.05, 3.63) is 84.0 Å². The minimum atomic E-state index is -0.141. The van der Waals surface area contributed by atoms with Gasteiger partial charge in [-0.3, -0.25) is 4.90 Å². The Kier molecular flexibility index (Phi) is 5.67. The number of piperidine rings is 1. The molecule has 2 heterocycles. The van der Waals surface area contributed by atoms with Crippen molar-refractivity contribution in [2.24, 2.45) is 0 Å². The first kappa shape index (κ1) is 20.1. The summed E-state index contributed by atoms with van der Waals surface area (Å²) in [5.74, 6) is 0.117. The topological polar surface area (TPSA) is 29.5 Å². The van der Waals surface area contributed by atoms with Crippen molar-refractivity contribution in [1.82, 2.24) is 4.90 Å². The van der Waals surface area contributed by atoms with E-state index < -0.39 is 0 Å². The number of rotatable bonds is 6. The van der Waals surface area contributed by atoms with Gasteiger partial charge in [0.05, 0.1) is 6.04 Å². The molecule has 3 heteroatoms. The molecular formula is C28H31NO2. The molecule has 2 aliphatic heterocycles. The van der Waals surface area contributed by atoms with E-state index in [1.165, 1.54) is 34.2 Å². The Morgan fingerprint density at radius 1 is 1.06 bits per heavy atom. The zero-order valence-corrected chi connectivity index (χ0v) is 18.1. The van der Waals surface area contributed by atoms with Crippen molar-refractivity contribution >= 4 is 6.09 Å². The third-order valence-electron chi connectivity index (χ3n) is 7.17. The van der Waals surface area contributed by atoms with Crippen LogP contribution in [-0.2, 0) is 4.74 Å². The van der Waals surface area contributed by atoms with Gasteiger partial charge in [0.25, 0.3) is 0 Å². The number of amides is 1.